The van der Waals surface area contributed by atoms with Crippen LogP contribution in [-0.2, 0) is 23.2 Å². The van der Waals surface area contributed by atoms with E-state index in [1.807, 2.05) is 60.7 Å². The van der Waals surface area contributed by atoms with Gasteiger partial charge in [-0.15, -0.1) is 0 Å². The lowest BCUT2D eigenvalue weighted by atomic mass is 9.89. The molecule has 5 nitrogen and oxygen atoms in total. The number of fused-ring (bicyclic) bond motifs is 1. The van der Waals surface area contributed by atoms with Gasteiger partial charge in [0.05, 0.1) is 6.54 Å². The van der Waals surface area contributed by atoms with Gasteiger partial charge in [-0.25, -0.2) is 4.79 Å². The van der Waals surface area contributed by atoms with E-state index in [9.17, 15) is 14.4 Å². The van der Waals surface area contributed by atoms with Gasteiger partial charge in [-0.05, 0) is 54.0 Å². The van der Waals surface area contributed by atoms with Gasteiger partial charge in [0.1, 0.15) is 5.54 Å². The highest BCUT2D eigenvalue weighted by atomic mass is 16.2. The van der Waals surface area contributed by atoms with Gasteiger partial charge < -0.3 is 5.32 Å². The lowest BCUT2D eigenvalue weighted by Crippen LogP contribution is -2.41. The van der Waals surface area contributed by atoms with Gasteiger partial charge in [0.15, 0.2) is 5.78 Å². The Labute approximate surface area is 187 Å². The van der Waals surface area contributed by atoms with Crippen LogP contribution >= 0.6 is 0 Å². The van der Waals surface area contributed by atoms with E-state index in [0.717, 1.165) is 40.9 Å². The number of Topliss-reactive ketones (excluding diaryl/α,β-unsaturated/α-hetero) is 1. The van der Waals surface area contributed by atoms with Crippen LogP contribution in [0.25, 0.3) is 11.1 Å². The molecule has 5 rings (SSSR count). The number of rotatable bonds is 5. The Morgan fingerprint density at radius 1 is 0.906 bits per heavy atom. The molecule has 3 aromatic rings. The number of amides is 3. The third-order valence-corrected chi connectivity index (χ3v) is 6.57. The average molecular weight is 425 g/mol. The van der Waals surface area contributed by atoms with Crippen molar-refractivity contribution < 1.29 is 14.4 Å². The van der Waals surface area contributed by atoms with Crippen molar-refractivity contribution in [2.45, 2.75) is 31.7 Å². The van der Waals surface area contributed by atoms with Crippen LogP contribution in [0.3, 0.4) is 0 Å². The molecule has 1 heterocycles. The average Bonchev–Trinajstić information content (AvgIpc) is 3.38. The van der Waals surface area contributed by atoms with Crippen molar-refractivity contribution in [3.63, 3.8) is 0 Å². The molecule has 32 heavy (non-hydrogen) atoms. The standard InChI is InChI=1S/C27H24N2O3/c1-27(23-15-14-19-8-5-9-22(19)16-23)25(31)29(26(32)28-27)17-24(30)21-12-10-20(11-13-21)18-6-3-2-4-7-18/h2-4,6-7,10-16H,5,8-9,17H2,1H3,(H,28,32)/t27-/m1/s1. The van der Waals surface area contributed by atoms with Gasteiger partial charge in [-0.1, -0.05) is 72.8 Å². The Bertz CT molecular complexity index is 1220. The Balaban J connectivity index is 1.34. The van der Waals surface area contributed by atoms with Gasteiger partial charge in [0.2, 0.25) is 0 Å². The minimum absolute atomic E-state index is 0.272. The summed E-state index contributed by atoms with van der Waals surface area (Å²) in [5, 5.41) is 2.81. The van der Waals surface area contributed by atoms with Crippen LogP contribution in [0, 0.1) is 0 Å². The number of nitrogens with one attached hydrogen (secondary N) is 1. The fraction of sp³-hybridized carbons (Fsp3) is 0.222. The zero-order valence-electron chi connectivity index (χ0n) is 17.9. The Hall–Kier alpha value is -3.73. The molecule has 2 aliphatic rings. The summed E-state index contributed by atoms with van der Waals surface area (Å²) >= 11 is 0. The number of hydrogen-bond acceptors (Lipinski definition) is 3. The maximum atomic E-state index is 13.2. The van der Waals surface area contributed by atoms with E-state index in [2.05, 4.69) is 5.32 Å². The second-order valence-corrected chi connectivity index (χ2v) is 8.65. The third kappa shape index (κ3) is 3.40. The highest BCUT2D eigenvalue weighted by molar-refractivity contribution is 6.11. The minimum atomic E-state index is -1.16. The van der Waals surface area contributed by atoms with Gasteiger partial charge in [-0.2, -0.15) is 0 Å². The van der Waals surface area contributed by atoms with Gasteiger partial charge >= 0.3 is 6.03 Å². The predicted octanol–water partition coefficient (Wildman–Crippen LogP) is 4.49. The number of imide groups is 1. The van der Waals surface area contributed by atoms with Crippen molar-refractivity contribution in [3.8, 4) is 11.1 Å². The summed E-state index contributed by atoms with van der Waals surface area (Å²) in [5.74, 6) is -0.666. The summed E-state index contributed by atoms with van der Waals surface area (Å²) in [6.07, 6.45) is 3.15. The number of carbonyl (C=O) groups excluding carboxylic acids is 3. The highest BCUT2D eigenvalue weighted by Gasteiger charge is 2.49. The number of urea groups is 1. The van der Waals surface area contributed by atoms with Gasteiger partial charge in [0, 0.05) is 5.56 Å². The van der Waals surface area contributed by atoms with E-state index in [4.69, 9.17) is 0 Å². The zero-order valence-corrected chi connectivity index (χ0v) is 17.9. The molecule has 1 atom stereocenters. The molecule has 0 radical (unpaired) electrons. The monoisotopic (exact) mass is 424 g/mol. The van der Waals surface area contributed by atoms with Gasteiger partial charge in [0.25, 0.3) is 5.91 Å². The molecule has 1 aliphatic heterocycles. The molecular weight excluding hydrogens is 400 g/mol. The summed E-state index contributed by atoms with van der Waals surface area (Å²) in [4.78, 5) is 39.8. The molecule has 3 aromatic carbocycles. The normalized spacial score (nSPS) is 19.7. The van der Waals surface area contributed by atoms with Gasteiger partial charge in [-0.3, -0.25) is 14.5 Å². The van der Waals surface area contributed by atoms with Crippen LogP contribution in [0.5, 0.6) is 0 Å². The van der Waals surface area contributed by atoms with Crippen LogP contribution in [0.15, 0.2) is 72.8 Å². The summed E-state index contributed by atoms with van der Waals surface area (Å²) in [6.45, 7) is 1.43. The number of hydrogen-bond donors (Lipinski definition) is 1. The SMILES string of the molecule is C[C@]1(c2ccc3c(c2)CCC3)NC(=O)N(CC(=O)c2ccc(-c3ccccc3)cc2)C1=O. The lowest BCUT2D eigenvalue weighted by Gasteiger charge is -2.23. The second-order valence-electron chi connectivity index (χ2n) is 8.65. The third-order valence-electron chi connectivity index (χ3n) is 6.57. The summed E-state index contributed by atoms with van der Waals surface area (Å²) in [5.41, 5.74) is 4.67. The smallest absolute Gasteiger partial charge is 0.319 e. The molecule has 160 valence electrons. The summed E-state index contributed by atoms with van der Waals surface area (Å²) in [7, 11) is 0. The molecule has 3 amide bonds. The molecule has 1 fully saturated rings. The first-order chi connectivity index (χ1) is 15.5. The van der Waals surface area contributed by atoms with Crippen molar-refractivity contribution in [1.82, 2.24) is 10.2 Å². The van der Waals surface area contributed by atoms with Crippen molar-refractivity contribution in [2.24, 2.45) is 0 Å². The van der Waals surface area contributed by atoms with Crippen molar-refractivity contribution in [1.29, 1.82) is 0 Å². The molecule has 1 saturated heterocycles. The Kier molecular flexibility index (Phi) is 4.89. The van der Waals surface area contributed by atoms with Crippen LogP contribution in [0.2, 0.25) is 0 Å². The van der Waals surface area contributed by atoms with Crippen LogP contribution in [0.4, 0.5) is 4.79 Å². The topological polar surface area (TPSA) is 66.5 Å². The quantitative estimate of drug-likeness (QED) is 0.485. The van der Waals surface area contributed by atoms with Crippen molar-refractivity contribution >= 4 is 17.7 Å². The number of nitrogens with zero attached hydrogens (tertiary/aromatic N) is 1. The molecule has 0 saturated carbocycles. The molecular formula is C27H24N2O3. The first-order valence-electron chi connectivity index (χ1n) is 10.9. The van der Waals surface area contributed by atoms with Crippen LogP contribution < -0.4 is 5.32 Å². The maximum Gasteiger partial charge on any atom is 0.325 e. The van der Waals surface area contributed by atoms with E-state index < -0.39 is 17.5 Å². The molecule has 0 aromatic heterocycles. The summed E-state index contributed by atoms with van der Waals surface area (Å²) < 4.78 is 0. The fourth-order valence-electron chi connectivity index (χ4n) is 4.63. The van der Waals surface area contributed by atoms with Crippen molar-refractivity contribution in [3.05, 3.63) is 95.1 Å². The van der Waals surface area contributed by atoms with E-state index >= 15 is 0 Å². The first kappa shape index (κ1) is 20.2. The minimum Gasteiger partial charge on any atom is -0.319 e. The first-order valence-corrected chi connectivity index (χ1v) is 10.9. The second kappa shape index (κ2) is 7.75. The maximum absolute atomic E-state index is 13.2. The number of carbonyl (C=O) groups is 3. The van der Waals surface area contributed by atoms with Crippen LogP contribution in [-0.4, -0.2) is 29.2 Å². The van der Waals surface area contributed by atoms with E-state index in [1.54, 1.807) is 19.1 Å². The lowest BCUT2D eigenvalue weighted by molar-refractivity contribution is -0.130. The molecule has 0 bridgehead atoms. The predicted molar refractivity (Wildman–Crippen MR) is 122 cm³/mol. The Morgan fingerprint density at radius 2 is 1.59 bits per heavy atom. The van der Waals surface area contributed by atoms with E-state index in [0.29, 0.717) is 5.56 Å². The van der Waals surface area contributed by atoms with E-state index in [-0.39, 0.29) is 12.3 Å². The molecule has 1 N–H and O–H groups in total. The Morgan fingerprint density at radius 3 is 2.34 bits per heavy atom. The fourth-order valence-corrected chi connectivity index (χ4v) is 4.63. The van der Waals surface area contributed by atoms with Crippen LogP contribution in [0.1, 0.15) is 40.4 Å². The molecule has 0 unspecified atom stereocenters. The zero-order chi connectivity index (χ0) is 22.3. The van der Waals surface area contributed by atoms with E-state index in [1.165, 1.54) is 11.1 Å². The van der Waals surface area contributed by atoms with Crippen molar-refractivity contribution in [2.75, 3.05) is 6.54 Å². The number of aryl methyl sites for hydroxylation is 2. The number of benzene rings is 3. The highest BCUT2D eigenvalue weighted by Crippen LogP contribution is 2.32. The summed E-state index contributed by atoms with van der Waals surface area (Å²) in [6, 6.07) is 22.6. The molecule has 5 heteroatoms. The number of ketones is 1. The largest absolute Gasteiger partial charge is 0.325 e. The molecule has 0 spiro atoms. The molecule has 1 aliphatic carbocycles.